The van der Waals surface area contributed by atoms with Crippen molar-refractivity contribution in [2.45, 2.75) is 13.3 Å². The lowest BCUT2D eigenvalue weighted by Crippen LogP contribution is -2.03. The van der Waals surface area contributed by atoms with Crippen LogP contribution in [0.15, 0.2) is 24.9 Å². The monoisotopic (exact) mass is 192 g/mol. The molecular weight excluding hydrogens is 176 g/mol. The molecule has 0 spiro atoms. The topological polar surface area (TPSA) is 34.2 Å². The first-order valence-electron chi connectivity index (χ1n) is 4.63. The second kappa shape index (κ2) is 5.27. The summed E-state index contributed by atoms with van der Waals surface area (Å²) in [5, 5.41) is 3.27. The molecule has 76 valence electrons. The van der Waals surface area contributed by atoms with Crippen LogP contribution in [0.1, 0.15) is 12.1 Å². The minimum atomic E-state index is 0.777. The summed E-state index contributed by atoms with van der Waals surface area (Å²) < 4.78 is 5.18. The van der Waals surface area contributed by atoms with Gasteiger partial charge in [-0.25, -0.2) is 0 Å². The number of hydrogen-bond donors (Lipinski definition) is 1. The quantitative estimate of drug-likeness (QED) is 0.574. The molecular formula is C11H16N2O. The van der Waals surface area contributed by atoms with Gasteiger partial charge in [0, 0.05) is 12.2 Å². The van der Waals surface area contributed by atoms with Gasteiger partial charge in [0.05, 0.1) is 19.0 Å². The Morgan fingerprint density at radius 2 is 2.43 bits per heavy atom. The number of pyridine rings is 1. The molecule has 0 aromatic carbocycles. The largest absolute Gasteiger partial charge is 0.493 e. The van der Waals surface area contributed by atoms with E-state index in [1.54, 1.807) is 13.3 Å². The van der Waals surface area contributed by atoms with E-state index in [1.165, 1.54) is 0 Å². The number of nitrogens with zero attached hydrogens (tertiary/aromatic N) is 1. The van der Waals surface area contributed by atoms with E-state index in [2.05, 4.69) is 16.9 Å². The number of methoxy groups -OCH3 is 1. The maximum Gasteiger partial charge on any atom is 0.160 e. The lowest BCUT2D eigenvalue weighted by atomic mass is 10.3. The van der Waals surface area contributed by atoms with Crippen LogP contribution in [0.5, 0.6) is 5.75 Å². The number of anilines is 1. The Bertz CT molecular complexity index is 310. The fraction of sp³-hybridized carbons (Fsp3) is 0.364. The van der Waals surface area contributed by atoms with E-state index in [0.717, 1.165) is 30.1 Å². The standard InChI is InChI=1S/C11H16N2O/c1-4-5-6-12-10-7-9(2)13-8-11(10)14-3/h4,7-8H,1,5-6H2,2-3H3,(H,12,13). The molecule has 1 N–H and O–H groups in total. The number of ether oxygens (including phenoxy) is 1. The SMILES string of the molecule is C=CCCNc1cc(C)ncc1OC. The van der Waals surface area contributed by atoms with Gasteiger partial charge in [-0.3, -0.25) is 4.98 Å². The number of rotatable bonds is 5. The summed E-state index contributed by atoms with van der Waals surface area (Å²) in [7, 11) is 1.64. The molecule has 0 bridgehead atoms. The summed E-state index contributed by atoms with van der Waals surface area (Å²) in [5.41, 5.74) is 1.97. The zero-order valence-corrected chi connectivity index (χ0v) is 8.71. The zero-order valence-electron chi connectivity index (χ0n) is 8.71. The maximum absolute atomic E-state index is 5.18. The van der Waals surface area contributed by atoms with Gasteiger partial charge in [0.2, 0.25) is 0 Å². The highest BCUT2D eigenvalue weighted by Gasteiger charge is 2.01. The molecule has 0 radical (unpaired) electrons. The summed E-state index contributed by atoms with van der Waals surface area (Å²) in [6.07, 6.45) is 4.55. The molecule has 3 heteroatoms. The van der Waals surface area contributed by atoms with Gasteiger partial charge >= 0.3 is 0 Å². The van der Waals surface area contributed by atoms with E-state index in [4.69, 9.17) is 4.74 Å². The summed E-state index contributed by atoms with van der Waals surface area (Å²) >= 11 is 0. The molecule has 0 amide bonds. The van der Waals surface area contributed by atoms with Crippen LogP contribution in [0.2, 0.25) is 0 Å². The van der Waals surface area contributed by atoms with Crippen molar-refractivity contribution in [1.82, 2.24) is 4.98 Å². The normalized spacial score (nSPS) is 9.57. The molecule has 0 atom stereocenters. The van der Waals surface area contributed by atoms with Crippen LogP contribution in [0.25, 0.3) is 0 Å². The molecule has 0 saturated carbocycles. The third kappa shape index (κ3) is 2.76. The average molecular weight is 192 g/mol. The number of aromatic nitrogens is 1. The maximum atomic E-state index is 5.18. The fourth-order valence-electron chi connectivity index (χ4n) is 1.16. The van der Waals surface area contributed by atoms with Gasteiger partial charge in [-0.15, -0.1) is 6.58 Å². The van der Waals surface area contributed by atoms with Crippen molar-refractivity contribution in [3.8, 4) is 5.75 Å². The Balaban J connectivity index is 2.71. The third-order valence-electron chi connectivity index (χ3n) is 1.89. The molecule has 0 aliphatic heterocycles. The highest BCUT2D eigenvalue weighted by atomic mass is 16.5. The van der Waals surface area contributed by atoms with Crippen LogP contribution in [-0.4, -0.2) is 18.6 Å². The molecule has 1 aromatic heterocycles. The van der Waals surface area contributed by atoms with Crippen LogP contribution in [0, 0.1) is 6.92 Å². The van der Waals surface area contributed by atoms with E-state index in [0.29, 0.717) is 0 Å². The molecule has 3 nitrogen and oxygen atoms in total. The van der Waals surface area contributed by atoms with Crippen molar-refractivity contribution in [3.05, 3.63) is 30.6 Å². The van der Waals surface area contributed by atoms with Gasteiger partial charge in [-0.05, 0) is 19.4 Å². The van der Waals surface area contributed by atoms with Gasteiger partial charge in [-0.2, -0.15) is 0 Å². The van der Waals surface area contributed by atoms with Crippen molar-refractivity contribution in [1.29, 1.82) is 0 Å². The summed E-state index contributed by atoms with van der Waals surface area (Å²) in [5.74, 6) is 0.777. The van der Waals surface area contributed by atoms with E-state index < -0.39 is 0 Å². The summed E-state index contributed by atoms with van der Waals surface area (Å²) in [6.45, 7) is 6.49. The fourth-order valence-corrected chi connectivity index (χ4v) is 1.16. The number of hydrogen-bond acceptors (Lipinski definition) is 3. The van der Waals surface area contributed by atoms with E-state index in [9.17, 15) is 0 Å². The predicted octanol–water partition coefficient (Wildman–Crippen LogP) is 2.39. The Morgan fingerprint density at radius 3 is 3.07 bits per heavy atom. The van der Waals surface area contributed by atoms with Crippen molar-refractivity contribution in [2.24, 2.45) is 0 Å². The van der Waals surface area contributed by atoms with Crippen LogP contribution < -0.4 is 10.1 Å². The Kier molecular flexibility index (Phi) is 3.98. The highest BCUT2D eigenvalue weighted by Crippen LogP contribution is 2.23. The van der Waals surface area contributed by atoms with Crippen molar-refractivity contribution in [2.75, 3.05) is 19.0 Å². The Labute approximate surface area is 84.8 Å². The number of nitrogens with one attached hydrogen (secondary N) is 1. The molecule has 0 aliphatic carbocycles. The van der Waals surface area contributed by atoms with Crippen LogP contribution in [0.3, 0.4) is 0 Å². The summed E-state index contributed by atoms with van der Waals surface area (Å²) in [4.78, 5) is 4.15. The number of aryl methyl sites for hydroxylation is 1. The van der Waals surface area contributed by atoms with Crippen LogP contribution in [-0.2, 0) is 0 Å². The second-order valence-corrected chi connectivity index (χ2v) is 3.03. The van der Waals surface area contributed by atoms with Crippen molar-refractivity contribution < 1.29 is 4.74 Å². The first-order valence-corrected chi connectivity index (χ1v) is 4.63. The first-order chi connectivity index (χ1) is 6.77. The van der Waals surface area contributed by atoms with Crippen molar-refractivity contribution in [3.63, 3.8) is 0 Å². The van der Waals surface area contributed by atoms with E-state index in [1.807, 2.05) is 19.1 Å². The van der Waals surface area contributed by atoms with Gasteiger partial charge in [0.25, 0.3) is 0 Å². The van der Waals surface area contributed by atoms with E-state index >= 15 is 0 Å². The average Bonchev–Trinajstić information content (AvgIpc) is 2.19. The molecule has 0 unspecified atom stereocenters. The van der Waals surface area contributed by atoms with Gasteiger partial charge < -0.3 is 10.1 Å². The Morgan fingerprint density at radius 1 is 1.64 bits per heavy atom. The zero-order chi connectivity index (χ0) is 10.4. The predicted molar refractivity (Wildman–Crippen MR) is 58.8 cm³/mol. The van der Waals surface area contributed by atoms with Gasteiger partial charge in [-0.1, -0.05) is 6.08 Å². The third-order valence-corrected chi connectivity index (χ3v) is 1.89. The van der Waals surface area contributed by atoms with Gasteiger partial charge in [0.1, 0.15) is 0 Å². The molecule has 0 saturated heterocycles. The second-order valence-electron chi connectivity index (χ2n) is 3.03. The minimum Gasteiger partial charge on any atom is -0.493 e. The lowest BCUT2D eigenvalue weighted by Gasteiger charge is -2.10. The Hall–Kier alpha value is -1.51. The van der Waals surface area contributed by atoms with Crippen LogP contribution in [0.4, 0.5) is 5.69 Å². The summed E-state index contributed by atoms with van der Waals surface area (Å²) in [6, 6.07) is 1.97. The smallest absolute Gasteiger partial charge is 0.160 e. The molecule has 0 fully saturated rings. The van der Waals surface area contributed by atoms with Gasteiger partial charge in [0.15, 0.2) is 5.75 Å². The molecule has 0 aliphatic rings. The molecule has 1 heterocycles. The highest BCUT2D eigenvalue weighted by molar-refractivity contribution is 5.55. The lowest BCUT2D eigenvalue weighted by molar-refractivity contribution is 0.414. The molecule has 1 aromatic rings. The van der Waals surface area contributed by atoms with Crippen molar-refractivity contribution >= 4 is 5.69 Å². The molecule has 1 rings (SSSR count). The van der Waals surface area contributed by atoms with Crippen LogP contribution >= 0.6 is 0 Å². The minimum absolute atomic E-state index is 0.777. The van der Waals surface area contributed by atoms with E-state index in [-0.39, 0.29) is 0 Å². The molecule has 14 heavy (non-hydrogen) atoms. The first kappa shape index (κ1) is 10.6.